The van der Waals surface area contributed by atoms with E-state index in [1.54, 1.807) is 12.1 Å². The molecule has 1 amide bonds. The Morgan fingerprint density at radius 3 is 2.71 bits per heavy atom. The molecule has 0 aliphatic heterocycles. The van der Waals surface area contributed by atoms with Gasteiger partial charge in [0.2, 0.25) is 5.91 Å². The zero-order valence-electron chi connectivity index (χ0n) is 19.8. The Balaban J connectivity index is 1.69. The van der Waals surface area contributed by atoms with E-state index in [0.717, 1.165) is 30.4 Å². The number of halogens is 2. The fraction of sp³-hybridized carbons (Fsp3) is 0.517. The number of rotatable bonds is 3. The van der Waals surface area contributed by atoms with E-state index in [1.165, 1.54) is 23.3 Å². The minimum Gasteiger partial charge on any atom is -0.339 e. The van der Waals surface area contributed by atoms with E-state index < -0.39 is 17.2 Å². The van der Waals surface area contributed by atoms with E-state index in [2.05, 4.69) is 18.2 Å². The Kier molecular flexibility index (Phi) is 5.54. The zero-order valence-corrected chi connectivity index (χ0v) is 19.8. The molecule has 0 bridgehead atoms. The first-order valence-corrected chi connectivity index (χ1v) is 12.4. The summed E-state index contributed by atoms with van der Waals surface area (Å²) in [4.78, 5) is 24.7. The SMILES string of the molecule is C#C[C@]1(NC(=O)CC)CC[C@H]2[C@@H]3CCC4=CC(=O)CCC4=C3[C@@H](c3ccc(F)c(F)c3)C[C@@]21C. The average Bonchev–Trinajstić information content (AvgIpc) is 3.11. The van der Waals surface area contributed by atoms with Crippen LogP contribution in [0.3, 0.4) is 0 Å². The van der Waals surface area contributed by atoms with Crippen LogP contribution in [0, 0.1) is 41.2 Å². The highest BCUT2D eigenvalue weighted by Crippen LogP contribution is 2.66. The van der Waals surface area contributed by atoms with Crippen LogP contribution in [-0.2, 0) is 9.59 Å². The Morgan fingerprint density at radius 2 is 2.00 bits per heavy atom. The van der Waals surface area contributed by atoms with Crippen molar-refractivity contribution < 1.29 is 18.4 Å². The molecule has 0 spiro atoms. The van der Waals surface area contributed by atoms with Crippen LogP contribution in [0.4, 0.5) is 8.78 Å². The summed E-state index contributed by atoms with van der Waals surface area (Å²) in [6, 6.07) is 4.20. The van der Waals surface area contributed by atoms with Crippen molar-refractivity contribution in [3.8, 4) is 12.3 Å². The van der Waals surface area contributed by atoms with Gasteiger partial charge in [0.1, 0.15) is 5.54 Å². The third-order valence-electron chi connectivity index (χ3n) is 9.20. The van der Waals surface area contributed by atoms with Crippen molar-refractivity contribution in [3.63, 3.8) is 0 Å². The Morgan fingerprint density at radius 1 is 1.21 bits per heavy atom. The van der Waals surface area contributed by atoms with E-state index in [0.29, 0.717) is 32.1 Å². The molecule has 0 radical (unpaired) electrons. The minimum atomic E-state index is -0.862. The molecule has 5 atom stereocenters. The molecule has 2 saturated carbocycles. The summed E-state index contributed by atoms with van der Waals surface area (Å²) in [6.07, 6.45) is 13.5. The van der Waals surface area contributed by atoms with Crippen molar-refractivity contribution in [2.45, 2.75) is 76.7 Å². The third-order valence-corrected chi connectivity index (χ3v) is 9.20. The van der Waals surface area contributed by atoms with Gasteiger partial charge in [-0.1, -0.05) is 31.4 Å². The fourth-order valence-corrected chi connectivity index (χ4v) is 7.52. The van der Waals surface area contributed by atoms with E-state index in [-0.39, 0.29) is 34.9 Å². The largest absolute Gasteiger partial charge is 0.339 e. The quantitative estimate of drug-likeness (QED) is 0.579. The molecule has 2 fully saturated rings. The van der Waals surface area contributed by atoms with Gasteiger partial charge in [0.15, 0.2) is 17.4 Å². The van der Waals surface area contributed by atoms with Crippen LogP contribution < -0.4 is 5.32 Å². The summed E-state index contributed by atoms with van der Waals surface area (Å²) < 4.78 is 28.3. The molecular weight excluding hydrogens is 432 g/mol. The monoisotopic (exact) mass is 463 g/mol. The number of benzene rings is 1. The van der Waals surface area contributed by atoms with Gasteiger partial charge in [-0.05, 0) is 85.3 Å². The van der Waals surface area contributed by atoms with Crippen LogP contribution in [0.1, 0.15) is 76.7 Å². The fourth-order valence-electron chi connectivity index (χ4n) is 7.52. The Labute approximate surface area is 200 Å². The van der Waals surface area contributed by atoms with Crippen LogP contribution in [0.2, 0.25) is 0 Å². The molecule has 0 heterocycles. The van der Waals surface area contributed by atoms with Crippen LogP contribution in [0.5, 0.6) is 0 Å². The summed E-state index contributed by atoms with van der Waals surface area (Å²) in [5, 5.41) is 3.20. The van der Waals surface area contributed by atoms with E-state index >= 15 is 0 Å². The number of fused-ring (bicyclic) bond motifs is 4. The summed E-state index contributed by atoms with van der Waals surface area (Å²) in [7, 11) is 0. The van der Waals surface area contributed by atoms with Gasteiger partial charge in [0.25, 0.3) is 0 Å². The molecule has 0 unspecified atom stereocenters. The molecule has 1 aromatic rings. The van der Waals surface area contributed by atoms with Gasteiger partial charge in [-0.2, -0.15) is 0 Å². The molecule has 178 valence electrons. The molecule has 4 aliphatic rings. The number of ketones is 1. The van der Waals surface area contributed by atoms with Crippen LogP contribution >= 0.6 is 0 Å². The molecule has 34 heavy (non-hydrogen) atoms. The molecule has 5 rings (SSSR count). The summed E-state index contributed by atoms with van der Waals surface area (Å²) in [5.74, 6) is 1.76. The molecule has 3 nitrogen and oxygen atoms in total. The molecule has 0 aromatic heterocycles. The summed E-state index contributed by atoms with van der Waals surface area (Å²) >= 11 is 0. The number of nitrogens with one attached hydrogen (secondary N) is 1. The van der Waals surface area contributed by atoms with Crippen molar-refractivity contribution >= 4 is 11.7 Å². The van der Waals surface area contributed by atoms with Crippen LogP contribution in [0.25, 0.3) is 0 Å². The number of carbonyl (C=O) groups is 2. The highest BCUT2D eigenvalue weighted by molar-refractivity contribution is 5.93. The molecule has 0 saturated heterocycles. The lowest BCUT2D eigenvalue weighted by Crippen LogP contribution is -2.59. The molecule has 1 aromatic carbocycles. The summed E-state index contributed by atoms with van der Waals surface area (Å²) in [6.45, 7) is 4.01. The predicted octanol–water partition coefficient (Wildman–Crippen LogP) is 5.76. The van der Waals surface area contributed by atoms with Gasteiger partial charge in [-0.15, -0.1) is 6.42 Å². The van der Waals surface area contributed by atoms with Crippen molar-refractivity contribution in [2.24, 2.45) is 17.3 Å². The van der Waals surface area contributed by atoms with Crippen molar-refractivity contribution in [1.29, 1.82) is 0 Å². The van der Waals surface area contributed by atoms with Gasteiger partial charge in [-0.25, -0.2) is 8.78 Å². The molecule has 5 heteroatoms. The number of terminal acetylenes is 1. The predicted molar refractivity (Wildman–Crippen MR) is 127 cm³/mol. The molecular formula is C29H31F2NO2. The lowest BCUT2D eigenvalue weighted by Gasteiger charge is -2.55. The van der Waals surface area contributed by atoms with Crippen molar-refractivity contribution in [3.05, 3.63) is 58.2 Å². The minimum absolute atomic E-state index is 0.0620. The van der Waals surface area contributed by atoms with Gasteiger partial charge < -0.3 is 5.32 Å². The Hall–Kier alpha value is -2.74. The maximum atomic E-state index is 14.4. The second-order valence-corrected chi connectivity index (χ2v) is 10.7. The normalized spacial score (nSPS) is 34.5. The van der Waals surface area contributed by atoms with Crippen LogP contribution in [0.15, 0.2) is 41.0 Å². The second-order valence-electron chi connectivity index (χ2n) is 10.7. The highest BCUT2D eigenvalue weighted by Gasteiger charge is 2.63. The van der Waals surface area contributed by atoms with E-state index in [9.17, 15) is 18.4 Å². The van der Waals surface area contributed by atoms with Crippen LogP contribution in [-0.4, -0.2) is 17.2 Å². The van der Waals surface area contributed by atoms with E-state index in [1.807, 2.05) is 6.92 Å². The Bertz CT molecular complexity index is 1180. The van der Waals surface area contributed by atoms with Gasteiger partial charge >= 0.3 is 0 Å². The zero-order chi connectivity index (χ0) is 24.3. The number of carbonyl (C=O) groups excluding carboxylic acids is 2. The topological polar surface area (TPSA) is 46.2 Å². The number of hydrogen-bond acceptors (Lipinski definition) is 2. The van der Waals surface area contributed by atoms with E-state index in [4.69, 9.17) is 6.42 Å². The lowest BCUT2D eigenvalue weighted by atomic mass is 9.50. The first-order valence-electron chi connectivity index (χ1n) is 12.4. The standard InChI is InChI=1S/C29H31F2NO2/c1-4-26(34)32-29(5-2)13-12-23-21-9-6-17-14-19(33)8-10-20(17)27(21)22(16-28(23,29)3)18-7-11-24(30)25(31)15-18/h2,7,11,14-15,21-23H,4,6,8-10,12-13,16H2,1,3H3,(H,32,34)/t21-,22+,23-,28-,29-/m0/s1. The maximum Gasteiger partial charge on any atom is 0.220 e. The van der Waals surface area contributed by atoms with Crippen molar-refractivity contribution in [2.75, 3.05) is 0 Å². The average molecular weight is 464 g/mol. The highest BCUT2D eigenvalue weighted by atomic mass is 19.2. The first-order chi connectivity index (χ1) is 16.2. The van der Waals surface area contributed by atoms with Gasteiger partial charge in [0, 0.05) is 24.2 Å². The maximum absolute atomic E-state index is 14.4. The molecule has 1 N–H and O–H groups in total. The van der Waals surface area contributed by atoms with Gasteiger partial charge in [0.05, 0.1) is 0 Å². The lowest BCUT2D eigenvalue weighted by molar-refractivity contribution is -0.123. The number of amides is 1. The smallest absolute Gasteiger partial charge is 0.220 e. The van der Waals surface area contributed by atoms with Gasteiger partial charge in [-0.3, -0.25) is 9.59 Å². The summed E-state index contributed by atoms with van der Waals surface area (Å²) in [5.41, 5.74) is 3.22. The number of hydrogen-bond donors (Lipinski definition) is 1. The molecule has 4 aliphatic carbocycles. The number of allylic oxidation sites excluding steroid dienone is 4. The third kappa shape index (κ3) is 3.29. The first kappa shape index (κ1) is 23.0. The van der Waals surface area contributed by atoms with Crippen molar-refractivity contribution in [1.82, 2.24) is 5.32 Å². The second kappa shape index (κ2) is 8.18.